The minimum absolute atomic E-state index is 0.0256. The van der Waals surface area contributed by atoms with Gasteiger partial charge in [0.05, 0.1) is 13.0 Å². The Balaban J connectivity index is 3.88. The predicted octanol–water partition coefficient (Wildman–Crippen LogP) is -0.438. The van der Waals surface area contributed by atoms with E-state index in [9.17, 15) is 9.59 Å². The average Bonchev–Trinajstić information content (AvgIpc) is 1.98. The van der Waals surface area contributed by atoms with Gasteiger partial charge in [0, 0.05) is 6.54 Å². The topological polar surface area (TPSA) is 92.4 Å². The van der Waals surface area contributed by atoms with Gasteiger partial charge in [-0.25, -0.2) is 0 Å². The highest BCUT2D eigenvalue weighted by molar-refractivity contribution is 5.77. The Hall–Kier alpha value is -1.10. The summed E-state index contributed by atoms with van der Waals surface area (Å²) < 4.78 is 0. The number of carboxylic acid groups (broad SMARTS) is 1. The second kappa shape index (κ2) is 4.81. The summed E-state index contributed by atoms with van der Waals surface area (Å²) in [6.07, 6.45) is 0.0256. The zero-order valence-electron chi connectivity index (χ0n) is 7.96. The molecule has 0 atom stereocenters. The van der Waals surface area contributed by atoms with Crippen molar-refractivity contribution in [3.8, 4) is 0 Å². The molecule has 0 rings (SSSR count). The van der Waals surface area contributed by atoms with E-state index in [-0.39, 0.29) is 18.9 Å². The number of carboxylic acids is 1. The molecule has 5 heteroatoms. The zero-order chi connectivity index (χ0) is 10.5. The molecule has 0 spiro atoms. The fourth-order valence-corrected chi connectivity index (χ4v) is 0.882. The molecule has 0 aromatic heterocycles. The van der Waals surface area contributed by atoms with E-state index in [0.29, 0.717) is 6.54 Å². The van der Waals surface area contributed by atoms with Gasteiger partial charge in [0.2, 0.25) is 5.91 Å². The van der Waals surface area contributed by atoms with Gasteiger partial charge in [-0.05, 0) is 5.41 Å². The van der Waals surface area contributed by atoms with Crippen LogP contribution in [-0.2, 0) is 9.59 Å². The fourth-order valence-electron chi connectivity index (χ4n) is 0.882. The van der Waals surface area contributed by atoms with Crippen LogP contribution in [0.2, 0.25) is 0 Å². The highest BCUT2D eigenvalue weighted by atomic mass is 16.4. The van der Waals surface area contributed by atoms with Crippen LogP contribution >= 0.6 is 0 Å². The van der Waals surface area contributed by atoms with Crippen LogP contribution in [0.15, 0.2) is 0 Å². The molecule has 0 saturated heterocycles. The largest absolute Gasteiger partial charge is 0.481 e. The number of nitrogens with two attached hydrogens (primary N) is 1. The molecule has 0 radical (unpaired) electrons. The maximum Gasteiger partial charge on any atom is 0.303 e. The van der Waals surface area contributed by atoms with Crippen molar-refractivity contribution in [2.45, 2.75) is 20.3 Å². The van der Waals surface area contributed by atoms with E-state index in [1.807, 2.05) is 0 Å². The summed E-state index contributed by atoms with van der Waals surface area (Å²) >= 11 is 0. The molecular formula is C8H16N2O3. The molecule has 4 N–H and O–H groups in total. The Morgan fingerprint density at radius 3 is 2.38 bits per heavy atom. The second-order valence-corrected chi connectivity index (χ2v) is 3.72. The lowest BCUT2D eigenvalue weighted by Gasteiger charge is -2.22. The van der Waals surface area contributed by atoms with Crippen molar-refractivity contribution < 1.29 is 14.7 Å². The third kappa shape index (κ3) is 6.10. The number of carbonyl (C=O) groups excluding carboxylic acids is 1. The van der Waals surface area contributed by atoms with Gasteiger partial charge >= 0.3 is 5.97 Å². The Morgan fingerprint density at radius 1 is 1.46 bits per heavy atom. The smallest absolute Gasteiger partial charge is 0.303 e. The van der Waals surface area contributed by atoms with Crippen LogP contribution < -0.4 is 11.1 Å². The van der Waals surface area contributed by atoms with Crippen LogP contribution in [0.5, 0.6) is 0 Å². The van der Waals surface area contributed by atoms with E-state index in [2.05, 4.69) is 5.32 Å². The van der Waals surface area contributed by atoms with Crippen LogP contribution in [0.4, 0.5) is 0 Å². The lowest BCUT2D eigenvalue weighted by atomic mass is 9.89. The van der Waals surface area contributed by atoms with E-state index in [1.54, 1.807) is 13.8 Å². The Labute approximate surface area is 77.3 Å². The summed E-state index contributed by atoms with van der Waals surface area (Å²) in [5, 5.41) is 11.1. The standard InChI is InChI=1S/C8H16N2O3/c1-8(2,3-7(12)13)5-10-6(11)4-9/h3-5,9H2,1-2H3,(H,10,11)(H,12,13). The van der Waals surface area contributed by atoms with E-state index >= 15 is 0 Å². The maximum absolute atomic E-state index is 10.8. The fraction of sp³-hybridized carbons (Fsp3) is 0.750. The zero-order valence-corrected chi connectivity index (χ0v) is 7.96. The lowest BCUT2D eigenvalue weighted by Crippen LogP contribution is -2.38. The van der Waals surface area contributed by atoms with Crippen molar-refractivity contribution in [1.82, 2.24) is 5.32 Å². The SMILES string of the molecule is CC(C)(CNC(=O)CN)CC(=O)O. The van der Waals surface area contributed by atoms with Gasteiger partial charge in [0.1, 0.15) is 0 Å². The molecule has 13 heavy (non-hydrogen) atoms. The number of aliphatic carboxylic acids is 1. The van der Waals surface area contributed by atoms with Crippen molar-refractivity contribution in [1.29, 1.82) is 0 Å². The summed E-state index contributed by atoms with van der Waals surface area (Å²) in [5.74, 6) is -1.13. The van der Waals surface area contributed by atoms with Gasteiger partial charge in [0.15, 0.2) is 0 Å². The van der Waals surface area contributed by atoms with E-state index < -0.39 is 11.4 Å². The molecular weight excluding hydrogens is 172 g/mol. The first kappa shape index (κ1) is 11.9. The molecule has 0 aromatic rings. The number of hydrogen-bond acceptors (Lipinski definition) is 3. The number of carbonyl (C=O) groups is 2. The van der Waals surface area contributed by atoms with Crippen LogP contribution in [0.1, 0.15) is 20.3 Å². The summed E-state index contributed by atoms with van der Waals surface area (Å²) in [5.41, 5.74) is 4.64. The second-order valence-electron chi connectivity index (χ2n) is 3.72. The molecule has 5 nitrogen and oxygen atoms in total. The van der Waals surface area contributed by atoms with Crippen LogP contribution in [0, 0.1) is 5.41 Å². The molecule has 1 amide bonds. The molecule has 0 unspecified atom stereocenters. The summed E-state index contributed by atoms with van der Waals surface area (Å²) in [6.45, 7) is 3.81. The molecule has 0 aliphatic heterocycles. The lowest BCUT2D eigenvalue weighted by molar-refractivity contribution is -0.139. The van der Waals surface area contributed by atoms with Gasteiger partial charge in [-0.1, -0.05) is 13.8 Å². The highest BCUT2D eigenvalue weighted by Gasteiger charge is 2.21. The third-order valence-electron chi connectivity index (χ3n) is 1.58. The third-order valence-corrected chi connectivity index (χ3v) is 1.58. The number of nitrogens with one attached hydrogen (secondary N) is 1. The molecule has 0 aliphatic carbocycles. The summed E-state index contributed by atoms with van der Waals surface area (Å²) in [4.78, 5) is 21.2. The van der Waals surface area contributed by atoms with Crippen LogP contribution in [0.3, 0.4) is 0 Å². The molecule has 0 aliphatic rings. The highest BCUT2D eigenvalue weighted by Crippen LogP contribution is 2.18. The average molecular weight is 188 g/mol. The number of hydrogen-bond donors (Lipinski definition) is 3. The molecule has 0 heterocycles. The quantitative estimate of drug-likeness (QED) is 0.545. The molecule has 0 aromatic carbocycles. The minimum Gasteiger partial charge on any atom is -0.481 e. The molecule has 76 valence electrons. The van der Waals surface area contributed by atoms with E-state index in [4.69, 9.17) is 10.8 Å². The van der Waals surface area contributed by atoms with E-state index in [1.165, 1.54) is 0 Å². The number of rotatable bonds is 5. The Morgan fingerprint density at radius 2 is 2.00 bits per heavy atom. The van der Waals surface area contributed by atoms with Crippen LogP contribution in [-0.4, -0.2) is 30.1 Å². The minimum atomic E-state index is -0.869. The monoisotopic (exact) mass is 188 g/mol. The molecule has 0 fully saturated rings. The Bertz CT molecular complexity index is 202. The van der Waals surface area contributed by atoms with Gasteiger partial charge in [-0.15, -0.1) is 0 Å². The molecule has 0 saturated carbocycles. The predicted molar refractivity (Wildman–Crippen MR) is 48.1 cm³/mol. The summed E-state index contributed by atoms with van der Waals surface area (Å²) in [6, 6.07) is 0. The van der Waals surface area contributed by atoms with Gasteiger partial charge < -0.3 is 16.2 Å². The van der Waals surface area contributed by atoms with Crippen molar-refractivity contribution in [3.63, 3.8) is 0 Å². The normalized spacial score (nSPS) is 11.0. The maximum atomic E-state index is 10.8. The van der Waals surface area contributed by atoms with E-state index in [0.717, 1.165) is 0 Å². The van der Waals surface area contributed by atoms with Crippen molar-refractivity contribution in [2.75, 3.05) is 13.1 Å². The Kier molecular flexibility index (Phi) is 4.40. The number of amides is 1. The van der Waals surface area contributed by atoms with Crippen LogP contribution in [0.25, 0.3) is 0 Å². The van der Waals surface area contributed by atoms with Gasteiger partial charge in [-0.2, -0.15) is 0 Å². The molecule has 0 bridgehead atoms. The first-order valence-electron chi connectivity index (χ1n) is 4.06. The van der Waals surface area contributed by atoms with Crippen molar-refractivity contribution >= 4 is 11.9 Å². The van der Waals surface area contributed by atoms with Crippen molar-refractivity contribution in [3.05, 3.63) is 0 Å². The van der Waals surface area contributed by atoms with Gasteiger partial charge in [0.25, 0.3) is 0 Å². The van der Waals surface area contributed by atoms with Gasteiger partial charge in [-0.3, -0.25) is 9.59 Å². The first-order chi connectivity index (χ1) is 5.87. The first-order valence-corrected chi connectivity index (χ1v) is 4.06. The summed E-state index contributed by atoms with van der Waals surface area (Å²) in [7, 11) is 0. The van der Waals surface area contributed by atoms with Crippen molar-refractivity contribution in [2.24, 2.45) is 11.1 Å².